The molecule has 4 heterocycles. The predicted octanol–water partition coefficient (Wildman–Crippen LogP) is 4.67. The molecule has 0 saturated heterocycles. The second-order valence-electron chi connectivity index (χ2n) is 10.7. The summed E-state index contributed by atoms with van der Waals surface area (Å²) in [5.74, 6) is 1.24. The van der Waals surface area contributed by atoms with E-state index in [1.54, 1.807) is 12.3 Å². The molecule has 0 bridgehead atoms. The molecule has 1 aliphatic carbocycles. The Morgan fingerprint density at radius 2 is 1.97 bits per heavy atom. The number of nitrogens with zero attached hydrogens (tertiary/aromatic N) is 6. The van der Waals surface area contributed by atoms with Gasteiger partial charge in [-0.3, -0.25) is 9.89 Å². The largest absolute Gasteiger partial charge is 0.349 e. The Morgan fingerprint density at radius 3 is 2.61 bits per heavy atom. The first-order valence-corrected chi connectivity index (χ1v) is 13.0. The van der Waals surface area contributed by atoms with E-state index in [1.165, 1.54) is 10.9 Å². The second kappa shape index (κ2) is 10.4. The van der Waals surface area contributed by atoms with Crippen LogP contribution in [0.1, 0.15) is 85.7 Å². The number of carbonyl (C=O) groups excluding carboxylic acids is 1. The number of aryl methyl sites for hydroxylation is 2. The van der Waals surface area contributed by atoms with Crippen LogP contribution in [0.2, 0.25) is 0 Å². The molecule has 5 rings (SSSR count). The molecule has 1 amide bonds. The van der Waals surface area contributed by atoms with Crippen molar-refractivity contribution in [2.45, 2.75) is 71.8 Å². The van der Waals surface area contributed by atoms with E-state index in [9.17, 15) is 9.18 Å². The first kappa shape index (κ1) is 25.7. The van der Waals surface area contributed by atoms with Gasteiger partial charge in [0, 0.05) is 35.3 Å². The summed E-state index contributed by atoms with van der Waals surface area (Å²) in [6.07, 6.45) is 8.02. The molecule has 4 aromatic heterocycles. The van der Waals surface area contributed by atoms with Crippen LogP contribution in [0, 0.1) is 25.1 Å². The quantitative estimate of drug-likeness (QED) is 0.369. The number of halogens is 1. The highest BCUT2D eigenvalue weighted by Gasteiger charge is 2.39. The van der Waals surface area contributed by atoms with Crippen LogP contribution in [0.4, 0.5) is 4.39 Å². The van der Waals surface area contributed by atoms with Crippen LogP contribution in [0.5, 0.6) is 0 Å². The number of hydrogen-bond donors (Lipinski definition) is 2. The Labute approximate surface area is 221 Å². The van der Waals surface area contributed by atoms with E-state index in [0.717, 1.165) is 66.0 Å². The summed E-state index contributed by atoms with van der Waals surface area (Å²) < 4.78 is 14.6. The highest BCUT2D eigenvalue weighted by molar-refractivity contribution is 5.82. The van der Waals surface area contributed by atoms with Gasteiger partial charge in [-0.1, -0.05) is 13.0 Å². The van der Waals surface area contributed by atoms with Gasteiger partial charge >= 0.3 is 0 Å². The minimum atomic E-state index is -0.454. The van der Waals surface area contributed by atoms with Gasteiger partial charge in [0.25, 0.3) is 0 Å². The molecular weight excluding hydrogens is 483 g/mol. The number of aromatic nitrogens is 7. The third kappa shape index (κ3) is 5.64. The van der Waals surface area contributed by atoms with Gasteiger partial charge in [0.05, 0.1) is 29.8 Å². The summed E-state index contributed by atoms with van der Waals surface area (Å²) in [5.41, 5.74) is 4.34. The zero-order valence-corrected chi connectivity index (χ0v) is 22.2. The predicted molar refractivity (Wildman–Crippen MR) is 140 cm³/mol. The number of pyridine rings is 1. The first-order chi connectivity index (χ1) is 18.2. The topological polar surface area (TPSA) is 114 Å². The van der Waals surface area contributed by atoms with Crippen LogP contribution in [0.25, 0.3) is 5.82 Å². The van der Waals surface area contributed by atoms with Crippen molar-refractivity contribution < 1.29 is 9.18 Å². The van der Waals surface area contributed by atoms with Crippen LogP contribution in [-0.4, -0.2) is 40.8 Å². The number of H-pyrrole nitrogens is 1. The average Bonchev–Trinajstić information content (AvgIpc) is 3.51. The minimum absolute atomic E-state index is 0.0430. The summed E-state index contributed by atoms with van der Waals surface area (Å²) in [7, 11) is 0. The van der Waals surface area contributed by atoms with E-state index in [4.69, 9.17) is 9.97 Å². The van der Waals surface area contributed by atoms with Crippen molar-refractivity contribution in [3.63, 3.8) is 0 Å². The van der Waals surface area contributed by atoms with Crippen LogP contribution in [0.3, 0.4) is 0 Å². The summed E-state index contributed by atoms with van der Waals surface area (Å²) >= 11 is 0. The molecule has 0 spiro atoms. The summed E-state index contributed by atoms with van der Waals surface area (Å²) in [6, 6.07) is 7.49. The lowest BCUT2D eigenvalue weighted by Crippen LogP contribution is -2.42. The van der Waals surface area contributed by atoms with Gasteiger partial charge < -0.3 is 5.32 Å². The number of hydrogen-bond acceptors (Lipinski definition) is 6. The van der Waals surface area contributed by atoms with Gasteiger partial charge in [-0.2, -0.15) is 10.2 Å². The van der Waals surface area contributed by atoms with Crippen LogP contribution in [-0.2, 0) is 11.2 Å². The van der Waals surface area contributed by atoms with E-state index < -0.39 is 11.2 Å². The molecule has 1 saturated carbocycles. The molecule has 9 nitrogen and oxygen atoms in total. The maximum absolute atomic E-state index is 13.3. The Balaban J connectivity index is 1.19. The molecule has 1 aliphatic rings. The van der Waals surface area contributed by atoms with Gasteiger partial charge in [-0.25, -0.2) is 24.0 Å². The molecule has 0 aliphatic heterocycles. The molecular formula is C28H33FN8O. The van der Waals surface area contributed by atoms with Crippen LogP contribution >= 0.6 is 0 Å². The lowest BCUT2D eigenvalue weighted by molar-refractivity contribution is -0.132. The Kier molecular flexibility index (Phi) is 7.05. The molecule has 0 unspecified atom stereocenters. The number of nitrogens with one attached hydrogen (secondary N) is 2. The molecule has 4 aromatic rings. The first-order valence-electron chi connectivity index (χ1n) is 13.0. The molecule has 10 heteroatoms. The fourth-order valence-electron chi connectivity index (χ4n) is 5.09. The second-order valence-corrected chi connectivity index (χ2v) is 10.7. The SMILES string of the molecule is Cc1cc(Cc2cc(C)[nH]n2)nc(C2CCC(C)(C(=O)N[C@@H](C)c3ccc(-n4cc(F)cn4)nc3)CC2)n1. The highest BCUT2D eigenvalue weighted by atomic mass is 19.1. The van der Waals surface area contributed by atoms with E-state index in [1.807, 2.05) is 45.9 Å². The normalized spacial score (nSPS) is 20.3. The van der Waals surface area contributed by atoms with Gasteiger partial charge in [0.15, 0.2) is 11.6 Å². The van der Waals surface area contributed by atoms with E-state index in [2.05, 4.69) is 25.6 Å². The van der Waals surface area contributed by atoms with Crippen molar-refractivity contribution in [3.8, 4) is 5.82 Å². The lowest BCUT2D eigenvalue weighted by Gasteiger charge is -2.36. The fraction of sp³-hybridized carbons (Fsp3) is 0.429. The number of aromatic amines is 1. The Hall–Kier alpha value is -3.95. The molecule has 0 aromatic carbocycles. The monoisotopic (exact) mass is 516 g/mol. The van der Waals surface area contributed by atoms with E-state index >= 15 is 0 Å². The molecule has 1 atom stereocenters. The van der Waals surface area contributed by atoms with E-state index in [0.29, 0.717) is 12.2 Å². The van der Waals surface area contributed by atoms with Gasteiger partial charge in [-0.05, 0) is 70.2 Å². The number of amides is 1. The molecule has 2 N–H and O–H groups in total. The minimum Gasteiger partial charge on any atom is -0.349 e. The summed E-state index contributed by atoms with van der Waals surface area (Å²) in [4.78, 5) is 27.3. The summed E-state index contributed by atoms with van der Waals surface area (Å²) in [6.45, 7) is 7.98. The molecule has 38 heavy (non-hydrogen) atoms. The van der Waals surface area contributed by atoms with Gasteiger partial charge in [-0.15, -0.1) is 0 Å². The van der Waals surface area contributed by atoms with Gasteiger partial charge in [0.1, 0.15) is 5.82 Å². The summed E-state index contributed by atoms with van der Waals surface area (Å²) in [5, 5.41) is 14.4. The van der Waals surface area contributed by atoms with Crippen LogP contribution < -0.4 is 5.32 Å². The fourth-order valence-corrected chi connectivity index (χ4v) is 5.09. The van der Waals surface area contributed by atoms with Gasteiger partial charge in [0.2, 0.25) is 5.91 Å². The number of rotatable bonds is 7. The Bertz CT molecular complexity index is 1420. The zero-order chi connectivity index (χ0) is 26.9. The van der Waals surface area contributed by atoms with Crippen LogP contribution in [0.15, 0.2) is 42.9 Å². The third-order valence-corrected chi connectivity index (χ3v) is 7.45. The van der Waals surface area contributed by atoms with Crippen molar-refractivity contribution in [2.24, 2.45) is 5.41 Å². The van der Waals surface area contributed by atoms with Crippen molar-refractivity contribution >= 4 is 5.91 Å². The van der Waals surface area contributed by atoms with E-state index in [-0.39, 0.29) is 17.9 Å². The van der Waals surface area contributed by atoms with Crippen molar-refractivity contribution in [1.29, 1.82) is 0 Å². The lowest BCUT2D eigenvalue weighted by atomic mass is 9.70. The molecule has 1 fully saturated rings. The van der Waals surface area contributed by atoms with Crippen molar-refractivity contribution in [3.05, 3.63) is 82.8 Å². The zero-order valence-electron chi connectivity index (χ0n) is 22.2. The maximum Gasteiger partial charge on any atom is 0.226 e. The standard InChI is InChI=1S/C28H33FN8O/c1-17-11-23(13-24-12-18(2)35-36-24)34-26(32-17)20-7-9-28(4,10-8-20)27(38)33-19(3)21-5-6-25(30-14-21)37-16-22(29)15-31-37/h5-6,11-12,14-16,19-20H,7-10,13H2,1-4H3,(H,33,38)(H,35,36)/t19-,20?,28?/m0/s1. The van der Waals surface area contributed by atoms with Crippen molar-refractivity contribution in [2.75, 3.05) is 0 Å². The number of carbonyl (C=O) groups is 1. The maximum atomic E-state index is 13.3. The average molecular weight is 517 g/mol. The third-order valence-electron chi connectivity index (χ3n) is 7.45. The Morgan fingerprint density at radius 1 is 1.18 bits per heavy atom. The smallest absolute Gasteiger partial charge is 0.226 e. The molecule has 0 radical (unpaired) electrons. The molecule has 198 valence electrons. The van der Waals surface area contributed by atoms with Crippen molar-refractivity contribution in [1.82, 2.24) is 40.2 Å². The highest BCUT2D eigenvalue weighted by Crippen LogP contribution is 2.42.